The Hall–Kier alpha value is -3.81. The number of carbonyl (C=O) groups excluding carboxylic acids is 3. The zero-order valence-electron chi connectivity index (χ0n) is 21.0. The first-order valence-corrected chi connectivity index (χ1v) is 12.1. The third-order valence-corrected chi connectivity index (χ3v) is 5.60. The SMILES string of the molecule is C=CCOC(=O)[C@H](CCCNC(=O)OCC1c2ccccc2-c2ccccc21)NC(=O)OC(C)(C)C. The Morgan fingerprint density at radius 1 is 0.972 bits per heavy atom. The van der Waals surface area contributed by atoms with Gasteiger partial charge in [-0.3, -0.25) is 0 Å². The largest absolute Gasteiger partial charge is 0.460 e. The van der Waals surface area contributed by atoms with E-state index in [2.05, 4.69) is 41.5 Å². The molecule has 2 amide bonds. The van der Waals surface area contributed by atoms with Crippen LogP contribution in [0.3, 0.4) is 0 Å². The minimum atomic E-state index is -0.913. The van der Waals surface area contributed by atoms with E-state index < -0.39 is 29.8 Å². The monoisotopic (exact) mass is 494 g/mol. The Labute approximate surface area is 212 Å². The number of rotatable bonds is 10. The van der Waals surface area contributed by atoms with Crippen molar-refractivity contribution in [2.45, 2.75) is 51.2 Å². The highest BCUT2D eigenvalue weighted by molar-refractivity contribution is 5.81. The zero-order chi connectivity index (χ0) is 26.1. The third-order valence-electron chi connectivity index (χ3n) is 5.60. The summed E-state index contributed by atoms with van der Waals surface area (Å²) >= 11 is 0. The first kappa shape index (κ1) is 26.8. The maximum atomic E-state index is 12.4. The molecule has 36 heavy (non-hydrogen) atoms. The molecule has 1 atom stereocenters. The van der Waals surface area contributed by atoms with Gasteiger partial charge in [0.15, 0.2) is 0 Å². The van der Waals surface area contributed by atoms with Crippen LogP contribution in [0.4, 0.5) is 9.59 Å². The summed E-state index contributed by atoms with van der Waals surface area (Å²) in [5, 5.41) is 5.25. The van der Waals surface area contributed by atoms with Crippen LogP contribution in [0.25, 0.3) is 11.1 Å². The van der Waals surface area contributed by atoms with E-state index >= 15 is 0 Å². The lowest BCUT2D eigenvalue weighted by atomic mass is 9.98. The summed E-state index contributed by atoms with van der Waals surface area (Å²) in [6.07, 6.45) is 0.851. The summed E-state index contributed by atoms with van der Waals surface area (Å²) in [6, 6.07) is 15.3. The molecule has 0 bridgehead atoms. The molecule has 192 valence electrons. The van der Waals surface area contributed by atoms with Gasteiger partial charge in [0.05, 0.1) is 0 Å². The predicted molar refractivity (Wildman–Crippen MR) is 137 cm³/mol. The molecule has 0 unspecified atom stereocenters. The molecule has 2 N–H and O–H groups in total. The van der Waals surface area contributed by atoms with Crippen LogP contribution in [0, 0.1) is 0 Å². The zero-order valence-corrected chi connectivity index (χ0v) is 21.0. The lowest BCUT2D eigenvalue weighted by molar-refractivity contribution is -0.145. The highest BCUT2D eigenvalue weighted by Gasteiger charge is 2.29. The van der Waals surface area contributed by atoms with E-state index in [-0.39, 0.29) is 32.1 Å². The second kappa shape index (κ2) is 12.2. The molecule has 3 rings (SSSR count). The second-order valence-corrected chi connectivity index (χ2v) is 9.51. The number of benzene rings is 2. The Morgan fingerprint density at radius 2 is 1.58 bits per heavy atom. The lowest BCUT2D eigenvalue weighted by Gasteiger charge is -2.23. The van der Waals surface area contributed by atoms with Crippen molar-refractivity contribution in [3.63, 3.8) is 0 Å². The van der Waals surface area contributed by atoms with Crippen LogP contribution in [0.1, 0.15) is 50.7 Å². The van der Waals surface area contributed by atoms with Gasteiger partial charge in [0.1, 0.15) is 24.9 Å². The van der Waals surface area contributed by atoms with E-state index in [0.29, 0.717) is 6.42 Å². The first-order valence-electron chi connectivity index (χ1n) is 12.1. The Morgan fingerprint density at radius 3 is 2.17 bits per heavy atom. The van der Waals surface area contributed by atoms with Gasteiger partial charge >= 0.3 is 18.2 Å². The van der Waals surface area contributed by atoms with Gasteiger partial charge in [0.25, 0.3) is 0 Å². The van der Waals surface area contributed by atoms with Crippen molar-refractivity contribution in [1.82, 2.24) is 10.6 Å². The number of fused-ring (bicyclic) bond motifs is 3. The van der Waals surface area contributed by atoms with Crippen molar-refractivity contribution < 1.29 is 28.6 Å². The van der Waals surface area contributed by atoms with Crippen LogP contribution >= 0.6 is 0 Å². The number of amides is 2. The molecule has 0 saturated heterocycles. The van der Waals surface area contributed by atoms with Crippen molar-refractivity contribution in [1.29, 1.82) is 0 Å². The molecular formula is C28H34N2O6. The second-order valence-electron chi connectivity index (χ2n) is 9.51. The number of hydrogen-bond acceptors (Lipinski definition) is 6. The van der Waals surface area contributed by atoms with Crippen LogP contribution in [-0.2, 0) is 19.0 Å². The maximum Gasteiger partial charge on any atom is 0.408 e. The van der Waals surface area contributed by atoms with Gasteiger partial charge in [0, 0.05) is 12.5 Å². The third kappa shape index (κ3) is 7.34. The van der Waals surface area contributed by atoms with Crippen molar-refractivity contribution in [3.05, 3.63) is 72.3 Å². The highest BCUT2D eigenvalue weighted by atomic mass is 16.6. The average Bonchev–Trinajstić information content (AvgIpc) is 3.15. The van der Waals surface area contributed by atoms with Crippen LogP contribution in [0.2, 0.25) is 0 Å². The number of carbonyl (C=O) groups is 3. The van der Waals surface area contributed by atoms with Crippen LogP contribution < -0.4 is 10.6 Å². The van der Waals surface area contributed by atoms with Crippen molar-refractivity contribution >= 4 is 18.2 Å². The summed E-state index contributed by atoms with van der Waals surface area (Å²) in [5.74, 6) is -0.618. The Kier molecular flexibility index (Phi) is 9.11. The molecule has 1 aliphatic rings. The summed E-state index contributed by atoms with van der Waals surface area (Å²) < 4.78 is 15.8. The molecule has 0 radical (unpaired) electrons. The lowest BCUT2D eigenvalue weighted by Crippen LogP contribution is -2.44. The molecule has 1 aliphatic carbocycles. The molecule has 8 nitrogen and oxygen atoms in total. The number of nitrogens with one attached hydrogen (secondary N) is 2. The Bertz CT molecular complexity index is 1050. The standard InChI is InChI=1S/C28H34N2O6/c1-5-17-34-25(31)24(30-27(33)36-28(2,3)4)15-10-16-29-26(32)35-18-23-21-13-8-6-11-19(21)20-12-7-9-14-22(20)23/h5-9,11-14,23-24H,1,10,15-18H2,2-4H3,(H,29,32)(H,30,33)/t24-/m0/s1. The number of esters is 1. The molecule has 2 aromatic carbocycles. The summed E-state index contributed by atoms with van der Waals surface area (Å²) in [7, 11) is 0. The molecular weight excluding hydrogens is 460 g/mol. The number of alkyl carbamates (subject to hydrolysis) is 2. The summed E-state index contributed by atoms with van der Waals surface area (Å²) in [5.41, 5.74) is 3.90. The van der Waals surface area contributed by atoms with E-state index in [9.17, 15) is 14.4 Å². The quantitative estimate of drug-likeness (QED) is 0.210. The molecule has 0 aliphatic heterocycles. The van der Waals surface area contributed by atoms with Gasteiger partial charge in [-0.15, -0.1) is 0 Å². The highest BCUT2D eigenvalue weighted by Crippen LogP contribution is 2.44. The molecule has 8 heteroatoms. The normalized spacial score (nSPS) is 13.1. The fourth-order valence-corrected chi connectivity index (χ4v) is 4.09. The summed E-state index contributed by atoms with van der Waals surface area (Å²) in [6.45, 7) is 9.22. The van der Waals surface area contributed by atoms with Gasteiger partial charge < -0.3 is 24.8 Å². The van der Waals surface area contributed by atoms with Gasteiger partial charge in [-0.05, 0) is 55.9 Å². The number of ether oxygens (including phenoxy) is 3. The van der Waals surface area contributed by atoms with Crippen molar-refractivity contribution in [2.75, 3.05) is 19.8 Å². The topological polar surface area (TPSA) is 103 Å². The van der Waals surface area contributed by atoms with Gasteiger partial charge in [-0.2, -0.15) is 0 Å². The molecule has 0 fully saturated rings. The maximum absolute atomic E-state index is 12.4. The number of hydrogen-bond donors (Lipinski definition) is 2. The minimum absolute atomic E-state index is 0.0230. The van der Waals surface area contributed by atoms with Crippen LogP contribution in [-0.4, -0.2) is 49.6 Å². The molecule has 0 aromatic heterocycles. The molecule has 2 aromatic rings. The molecule has 0 spiro atoms. The van der Waals surface area contributed by atoms with E-state index in [4.69, 9.17) is 14.2 Å². The Balaban J connectivity index is 1.48. The van der Waals surface area contributed by atoms with E-state index in [0.717, 1.165) is 22.3 Å². The molecule has 0 saturated carbocycles. The van der Waals surface area contributed by atoms with Crippen molar-refractivity contribution in [3.8, 4) is 11.1 Å². The fraction of sp³-hybridized carbons (Fsp3) is 0.393. The van der Waals surface area contributed by atoms with E-state index in [1.54, 1.807) is 20.8 Å². The first-order chi connectivity index (χ1) is 17.2. The molecule has 0 heterocycles. The van der Waals surface area contributed by atoms with E-state index in [1.807, 2.05) is 24.3 Å². The predicted octanol–water partition coefficient (Wildman–Crippen LogP) is 4.93. The summed E-state index contributed by atoms with van der Waals surface area (Å²) in [4.78, 5) is 36.8. The smallest absolute Gasteiger partial charge is 0.408 e. The van der Waals surface area contributed by atoms with Crippen molar-refractivity contribution in [2.24, 2.45) is 0 Å². The van der Waals surface area contributed by atoms with Crippen LogP contribution in [0.5, 0.6) is 0 Å². The van der Waals surface area contributed by atoms with Gasteiger partial charge in [-0.25, -0.2) is 14.4 Å². The fourth-order valence-electron chi connectivity index (χ4n) is 4.09. The van der Waals surface area contributed by atoms with Gasteiger partial charge in [-0.1, -0.05) is 61.2 Å². The minimum Gasteiger partial charge on any atom is -0.460 e. The average molecular weight is 495 g/mol. The van der Waals surface area contributed by atoms with Crippen LogP contribution in [0.15, 0.2) is 61.2 Å². The van der Waals surface area contributed by atoms with Gasteiger partial charge in [0.2, 0.25) is 0 Å². The van der Waals surface area contributed by atoms with E-state index in [1.165, 1.54) is 6.08 Å².